The molecule has 0 saturated heterocycles. The number of carbonyl (C=O) groups is 3. The average molecular weight is 491 g/mol. The van der Waals surface area contributed by atoms with Crippen molar-refractivity contribution in [3.05, 3.63) is 45.1 Å². The minimum Gasteiger partial charge on any atom is -0.478 e. The molecule has 0 radical (unpaired) electrons. The summed E-state index contributed by atoms with van der Waals surface area (Å²) >= 11 is 1.55. The highest BCUT2D eigenvalue weighted by Gasteiger charge is 2.17. The fourth-order valence-corrected chi connectivity index (χ4v) is 4.49. The van der Waals surface area contributed by atoms with Gasteiger partial charge in [0.15, 0.2) is 24.7 Å². The van der Waals surface area contributed by atoms with Gasteiger partial charge in [-0.25, -0.2) is 9.59 Å². The van der Waals surface area contributed by atoms with Gasteiger partial charge in [0.1, 0.15) is 0 Å². The van der Waals surface area contributed by atoms with Gasteiger partial charge in [0.25, 0.3) is 5.91 Å². The number of nitrogens with one attached hydrogen (secondary N) is 2. The van der Waals surface area contributed by atoms with E-state index >= 15 is 0 Å². The summed E-state index contributed by atoms with van der Waals surface area (Å²) in [4.78, 5) is 37.9. The van der Waals surface area contributed by atoms with Crippen LogP contribution in [-0.2, 0) is 38.4 Å². The zero-order valence-electron chi connectivity index (χ0n) is 19.4. The van der Waals surface area contributed by atoms with E-state index in [0.29, 0.717) is 24.5 Å². The molecule has 0 spiro atoms. The van der Waals surface area contributed by atoms with Crippen molar-refractivity contribution in [2.45, 2.75) is 33.2 Å². The third-order valence-electron chi connectivity index (χ3n) is 4.97. The van der Waals surface area contributed by atoms with Crippen LogP contribution >= 0.6 is 11.3 Å². The Morgan fingerprint density at radius 1 is 1.00 bits per heavy atom. The molecule has 1 aliphatic heterocycles. The number of ether oxygens (including phenoxy) is 4. The Morgan fingerprint density at radius 2 is 1.71 bits per heavy atom. The summed E-state index contributed by atoms with van der Waals surface area (Å²) in [5.41, 5.74) is 2.07. The van der Waals surface area contributed by atoms with E-state index in [1.54, 1.807) is 37.3 Å². The Kier molecular flexibility index (Phi) is 9.72. The second kappa shape index (κ2) is 13.0. The van der Waals surface area contributed by atoms with Gasteiger partial charge >= 0.3 is 11.9 Å². The standard InChI is InChI=1S/C24H30N2O7S/c1-3-30-22(27)14-32-18-6-5-16(11-19(18)33-15-23(28)31-4-2)7-10-26-24(29)21-12-17-13-25-9-8-20(17)34-21/h5-6,11-12,25H,3-4,7-10,13-15H2,1-2H3,(H,26,29). The van der Waals surface area contributed by atoms with E-state index in [-0.39, 0.29) is 32.3 Å². The second-order valence-corrected chi connectivity index (χ2v) is 8.60. The van der Waals surface area contributed by atoms with Crippen molar-refractivity contribution < 1.29 is 33.3 Å². The van der Waals surface area contributed by atoms with Crippen LogP contribution in [0.1, 0.15) is 39.5 Å². The molecule has 0 fully saturated rings. The quantitative estimate of drug-likeness (QED) is 0.436. The summed E-state index contributed by atoms with van der Waals surface area (Å²) in [6.45, 7) is 5.53. The fourth-order valence-electron chi connectivity index (χ4n) is 3.39. The molecular weight excluding hydrogens is 460 g/mol. The lowest BCUT2D eigenvalue weighted by atomic mass is 10.1. The van der Waals surface area contributed by atoms with Crippen LogP contribution in [-0.4, -0.2) is 57.4 Å². The summed E-state index contributed by atoms with van der Waals surface area (Å²) in [5.74, 6) is -0.489. The van der Waals surface area contributed by atoms with Crippen molar-refractivity contribution in [1.29, 1.82) is 0 Å². The number of thiophene rings is 1. The van der Waals surface area contributed by atoms with Crippen LogP contribution in [0.2, 0.25) is 0 Å². The van der Waals surface area contributed by atoms with Crippen LogP contribution in [0.3, 0.4) is 0 Å². The lowest BCUT2D eigenvalue weighted by Gasteiger charge is -2.14. The van der Waals surface area contributed by atoms with Crippen molar-refractivity contribution in [2.75, 3.05) is 39.5 Å². The summed E-state index contributed by atoms with van der Waals surface area (Å²) in [6, 6.07) is 7.16. The smallest absolute Gasteiger partial charge is 0.344 e. The third-order valence-corrected chi connectivity index (χ3v) is 6.21. The van der Waals surface area contributed by atoms with Crippen LogP contribution < -0.4 is 20.1 Å². The highest BCUT2D eigenvalue weighted by Crippen LogP contribution is 2.29. The molecule has 0 bridgehead atoms. The maximum atomic E-state index is 12.6. The second-order valence-electron chi connectivity index (χ2n) is 7.46. The van der Waals surface area contributed by atoms with Gasteiger partial charge in [0.2, 0.25) is 0 Å². The first-order valence-corrected chi connectivity index (χ1v) is 12.1. The topological polar surface area (TPSA) is 112 Å². The van der Waals surface area contributed by atoms with E-state index in [9.17, 15) is 14.4 Å². The highest BCUT2D eigenvalue weighted by molar-refractivity contribution is 7.14. The number of hydrogen-bond acceptors (Lipinski definition) is 9. The molecule has 1 aliphatic rings. The van der Waals surface area contributed by atoms with E-state index in [0.717, 1.165) is 30.0 Å². The molecule has 1 aromatic heterocycles. The normalized spacial score (nSPS) is 12.4. The van der Waals surface area contributed by atoms with Gasteiger partial charge in [-0.15, -0.1) is 11.3 Å². The molecule has 9 nitrogen and oxygen atoms in total. The predicted octanol–water partition coefficient (Wildman–Crippen LogP) is 2.25. The molecule has 0 atom stereocenters. The monoisotopic (exact) mass is 490 g/mol. The molecule has 2 aromatic rings. The summed E-state index contributed by atoms with van der Waals surface area (Å²) in [5, 5.41) is 6.27. The minimum absolute atomic E-state index is 0.0902. The summed E-state index contributed by atoms with van der Waals surface area (Å²) < 4.78 is 20.9. The van der Waals surface area contributed by atoms with Crippen LogP contribution in [0.15, 0.2) is 24.3 Å². The zero-order valence-corrected chi connectivity index (χ0v) is 20.3. The van der Waals surface area contributed by atoms with E-state index < -0.39 is 11.9 Å². The number of hydrogen-bond donors (Lipinski definition) is 2. The first-order chi connectivity index (χ1) is 16.5. The van der Waals surface area contributed by atoms with Gasteiger partial charge in [-0.3, -0.25) is 4.79 Å². The Labute approximate surface area is 202 Å². The van der Waals surface area contributed by atoms with E-state index in [1.165, 1.54) is 10.4 Å². The molecule has 1 aromatic carbocycles. The van der Waals surface area contributed by atoms with Gasteiger partial charge in [0, 0.05) is 24.5 Å². The van der Waals surface area contributed by atoms with Gasteiger partial charge < -0.3 is 29.6 Å². The first kappa shape index (κ1) is 25.5. The van der Waals surface area contributed by atoms with Crippen LogP contribution in [0.25, 0.3) is 0 Å². The van der Waals surface area contributed by atoms with Gasteiger partial charge in [-0.2, -0.15) is 0 Å². The minimum atomic E-state index is -0.509. The molecule has 2 heterocycles. The largest absolute Gasteiger partial charge is 0.478 e. The molecule has 184 valence electrons. The van der Waals surface area contributed by atoms with Crippen molar-refractivity contribution in [2.24, 2.45) is 0 Å². The molecule has 0 aliphatic carbocycles. The fraction of sp³-hybridized carbons (Fsp3) is 0.458. The Hall–Kier alpha value is -3.11. The number of esters is 2. The van der Waals surface area contributed by atoms with Crippen molar-refractivity contribution in [3.8, 4) is 11.5 Å². The van der Waals surface area contributed by atoms with E-state index in [4.69, 9.17) is 18.9 Å². The van der Waals surface area contributed by atoms with Crippen LogP contribution in [0.5, 0.6) is 11.5 Å². The molecule has 34 heavy (non-hydrogen) atoms. The molecule has 0 saturated carbocycles. The Balaban J connectivity index is 1.59. The SMILES string of the molecule is CCOC(=O)COc1ccc(CCNC(=O)c2cc3c(s2)CCNC3)cc1OCC(=O)OCC. The molecule has 2 N–H and O–H groups in total. The summed E-state index contributed by atoms with van der Waals surface area (Å²) in [7, 11) is 0. The predicted molar refractivity (Wildman–Crippen MR) is 126 cm³/mol. The molecule has 10 heteroatoms. The molecule has 0 unspecified atom stereocenters. The van der Waals surface area contributed by atoms with Gasteiger partial charge in [0.05, 0.1) is 18.1 Å². The highest BCUT2D eigenvalue weighted by atomic mass is 32.1. The zero-order chi connectivity index (χ0) is 24.3. The van der Waals surface area contributed by atoms with Gasteiger partial charge in [-0.1, -0.05) is 6.07 Å². The third kappa shape index (κ3) is 7.46. The van der Waals surface area contributed by atoms with Crippen molar-refractivity contribution in [3.63, 3.8) is 0 Å². The lowest BCUT2D eigenvalue weighted by Crippen LogP contribution is -2.25. The maximum absolute atomic E-state index is 12.6. The summed E-state index contributed by atoms with van der Waals surface area (Å²) in [6.07, 6.45) is 1.50. The molecule has 3 rings (SSSR count). The maximum Gasteiger partial charge on any atom is 0.344 e. The first-order valence-electron chi connectivity index (χ1n) is 11.3. The Morgan fingerprint density at radius 3 is 2.38 bits per heavy atom. The van der Waals surface area contributed by atoms with Gasteiger partial charge in [-0.05, 0) is 56.0 Å². The van der Waals surface area contributed by atoms with E-state index in [2.05, 4.69) is 10.6 Å². The van der Waals surface area contributed by atoms with Crippen LogP contribution in [0.4, 0.5) is 0 Å². The van der Waals surface area contributed by atoms with E-state index in [1.807, 2.05) is 12.1 Å². The number of amides is 1. The lowest BCUT2D eigenvalue weighted by molar-refractivity contribution is -0.146. The molecular formula is C24H30N2O7S. The number of carbonyl (C=O) groups excluding carboxylic acids is 3. The van der Waals surface area contributed by atoms with Crippen molar-refractivity contribution >= 4 is 29.2 Å². The van der Waals surface area contributed by atoms with Crippen LogP contribution in [0, 0.1) is 0 Å². The Bertz CT molecular complexity index is 982. The number of rotatable bonds is 12. The number of benzene rings is 1. The molecule has 1 amide bonds. The van der Waals surface area contributed by atoms with Crippen molar-refractivity contribution in [1.82, 2.24) is 10.6 Å². The average Bonchev–Trinajstić information content (AvgIpc) is 3.27. The number of fused-ring (bicyclic) bond motifs is 1.